The maximum Gasteiger partial charge on any atom is 0.130 e. The molecule has 2 aromatic carbocycles. The molecule has 0 aliphatic heterocycles. The topological polar surface area (TPSA) is 20.2 Å². The van der Waals surface area contributed by atoms with Gasteiger partial charge >= 0.3 is 0 Å². The first-order valence-electron chi connectivity index (χ1n) is 5.44. The Labute approximate surface area is 118 Å². The fourth-order valence-corrected chi connectivity index (χ4v) is 2.30. The molecule has 94 valence electrons. The number of halogens is 3. The van der Waals surface area contributed by atoms with Gasteiger partial charge in [0.2, 0.25) is 0 Å². The molecular formula is C14H11BrClFO. The van der Waals surface area contributed by atoms with Crippen LogP contribution in [0, 0.1) is 5.82 Å². The Morgan fingerprint density at radius 3 is 2.61 bits per heavy atom. The van der Waals surface area contributed by atoms with Crippen molar-refractivity contribution >= 4 is 27.5 Å². The first-order chi connectivity index (χ1) is 8.58. The van der Waals surface area contributed by atoms with Gasteiger partial charge in [0.05, 0.1) is 6.10 Å². The van der Waals surface area contributed by atoms with Crippen molar-refractivity contribution in [2.24, 2.45) is 0 Å². The Bertz CT molecular complexity index is 559. The fourth-order valence-electron chi connectivity index (χ4n) is 1.75. The van der Waals surface area contributed by atoms with E-state index < -0.39 is 11.9 Å². The summed E-state index contributed by atoms with van der Waals surface area (Å²) in [6.07, 6.45) is -0.615. The maximum atomic E-state index is 13.7. The van der Waals surface area contributed by atoms with Crippen molar-refractivity contribution in [3.8, 4) is 0 Å². The molecule has 1 atom stereocenters. The normalized spacial score (nSPS) is 12.4. The summed E-state index contributed by atoms with van der Waals surface area (Å²) < 4.78 is 14.3. The van der Waals surface area contributed by atoms with E-state index in [0.717, 1.165) is 5.56 Å². The smallest absolute Gasteiger partial charge is 0.130 e. The highest BCUT2D eigenvalue weighted by Crippen LogP contribution is 2.26. The molecule has 0 heterocycles. The SMILES string of the molecule is OC(Cc1ccccc1Cl)c1ccc(Br)cc1F. The van der Waals surface area contributed by atoms with E-state index in [2.05, 4.69) is 15.9 Å². The van der Waals surface area contributed by atoms with E-state index in [1.165, 1.54) is 6.07 Å². The second kappa shape index (κ2) is 5.83. The molecule has 0 fully saturated rings. The molecule has 0 aliphatic carbocycles. The van der Waals surface area contributed by atoms with Crippen LogP contribution in [0.25, 0.3) is 0 Å². The third-order valence-electron chi connectivity index (χ3n) is 2.69. The summed E-state index contributed by atoms with van der Waals surface area (Å²) in [5.41, 5.74) is 1.08. The monoisotopic (exact) mass is 328 g/mol. The summed E-state index contributed by atoms with van der Waals surface area (Å²) in [6, 6.07) is 11.8. The van der Waals surface area contributed by atoms with Crippen LogP contribution >= 0.6 is 27.5 Å². The number of hydrogen-bond acceptors (Lipinski definition) is 1. The average Bonchev–Trinajstić information content (AvgIpc) is 2.32. The van der Waals surface area contributed by atoms with Gasteiger partial charge in [0.1, 0.15) is 5.82 Å². The van der Waals surface area contributed by atoms with E-state index in [1.807, 2.05) is 18.2 Å². The van der Waals surface area contributed by atoms with E-state index in [0.29, 0.717) is 9.50 Å². The summed E-state index contributed by atoms with van der Waals surface area (Å²) in [5, 5.41) is 10.6. The molecular weight excluding hydrogens is 319 g/mol. The zero-order chi connectivity index (χ0) is 13.1. The molecule has 0 aromatic heterocycles. The summed E-state index contributed by atoms with van der Waals surface area (Å²) in [7, 11) is 0. The number of aliphatic hydroxyl groups is 1. The van der Waals surface area contributed by atoms with Crippen LogP contribution in [0.2, 0.25) is 5.02 Å². The van der Waals surface area contributed by atoms with E-state index in [1.54, 1.807) is 18.2 Å². The van der Waals surface area contributed by atoms with Crippen molar-refractivity contribution in [3.63, 3.8) is 0 Å². The molecule has 1 N–H and O–H groups in total. The lowest BCUT2D eigenvalue weighted by atomic mass is 10.0. The molecule has 1 unspecified atom stereocenters. The van der Waals surface area contributed by atoms with Crippen LogP contribution in [0.4, 0.5) is 4.39 Å². The van der Waals surface area contributed by atoms with Gasteiger partial charge in [0.25, 0.3) is 0 Å². The van der Waals surface area contributed by atoms with Gasteiger partial charge in [-0.3, -0.25) is 0 Å². The second-order valence-corrected chi connectivity index (χ2v) is 5.30. The first kappa shape index (κ1) is 13.5. The van der Waals surface area contributed by atoms with Gasteiger partial charge in [0.15, 0.2) is 0 Å². The molecule has 0 bridgehead atoms. The van der Waals surface area contributed by atoms with Gasteiger partial charge in [-0.2, -0.15) is 0 Å². The van der Waals surface area contributed by atoms with E-state index in [-0.39, 0.29) is 12.0 Å². The molecule has 2 aromatic rings. The Balaban J connectivity index is 2.22. The number of benzene rings is 2. The molecule has 4 heteroatoms. The lowest BCUT2D eigenvalue weighted by Crippen LogP contribution is -2.04. The average molecular weight is 330 g/mol. The van der Waals surface area contributed by atoms with Crippen LogP contribution in [0.3, 0.4) is 0 Å². The van der Waals surface area contributed by atoms with E-state index in [4.69, 9.17) is 11.6 Å². The van der Waals surface area contributed by atoms with Gasteiger partial charge < -0.3 is 5.11 Å². The van der Waals surface area contributed by atoms with Crippen LogP contribution in [-0.2, 0) is 6.42 Å². The molecule has 0 saturated heterocycles. The van der Waals surface area contributed by atoms with Gasteiger partial charge in [-0.05, 0) is 23.8 Å². The summed E-state index contributed by atoms with van der Waals surface area (Å²) >= 11 is 9.19. The molecule has 18 heavy (non-hydrogen) atoms. The Morgan fingerprint density at radius 1 is 1.22 bits per heavy atom. The molecule has 0 aliphatic rings. The van der Waals surface area contributed by atoms with Gasteiger partial charge in [-0.15, -0.1) is 0 Å². The van der Waals surface area contributed by atoms with E-state index >= 15 is 0 Å². The van der Waals surface area contributed by atoms with Crippen molar-refractivity contribution in [1.29, 1.82) is 0 Å². The Morgan fingerprint density at radius 2 is 1.94 bits per heavy atom. The van der Waals surface area contributed by atoms with Crippen LogP contribution in [-0.4, -0.2) is 5.11 Å². The van der Waals surface area contributed by atoms with Crippen LogP contribution < -0.4 is 0 Å². The molecule has 2 rings (SSSR count). The molecule has 1 nitrogen and oxygen atoms in total. The fraction of sp³-hybridized carbons (Fsp3) is 0.143. The van der Waals surface area contributed by atoms with Crippen LogP contribution in [0.1, 0.15) is 17.2 Å². The molecule has 0 amide bonds. The Kier molecular flexibility index (Phi) is 4.38. The molecule has 0 spiro atoms. The number of rotatable bonds is 3. The van der Waals surface area contributed by atoms with Crippen LogP contribution in [0.15, 0.2) is 46.9 Å². The van der Waals surface area contributed by atoms with Gasteiger partial charge in [-0.1, -0.05) is 51.8 Å². The number of hydrogen-bond donors (Lipinski definition) is 1. The van der Waals surface area contributed by atoms with Crippen molar-refractivity contribution in [2.45, 2.75) is 12.5 Å². The highest BCUT2D eigenvalue weighted by Gasteiger charge is 2.14. The predicted octanol–water partition coefficient (Wildman–Crippen LogP) is 4.52. The van der Waals surface area contributed by atoms with Gasteiger partial charge in [-0.25, -0.2) is 4.39 Å². The zero-order valence-electron chi connectivity index (χ0n) is 9.41. The summed E-state index contributed by atoms with van der Waals surface area (Å²) in [5.74, 6) is -0.427. The maximum absolute atomic E-state index is 13.7. The predicted molar refractivity (Wildman–Crippen MR) is 74.2 cm³/mol. The lowest BCUT2D eigenvalue weighted by molar-refractivity contribution is 0.173. The van der Waals surface area contributed by atoms with Crippen molar-refractivity contribution < 1.29 is 9.50 Å². The molecule has 0 saturated carbocycles. The summed E-state index contributed by atoms with van der Waals surface area (Å²) in [4.78, 5) is 0. The highest BCUT2D eigenvalue weighted by atomic mass is 79.9. The third kappa shape index (κ3) is 3.10. The van der Waals surface area contributed by atoms with Gasteiger partial charge in [0, 0.05) is 21.5 Å². The Hall–Kier alpha value is -0.900. The standard InChI is InChI=1S/C14H11BrClFO/c15-10-5-6-11(13(17)8-10)14(18)7-9-3-1-2-4-12(9)16/h1-6,8,14,18H,7H2. The zero-order valence-corrected chi connectivity index (χ0v) is 11.7. The minimum absolute atomic E-state index is 0.276. The van der Waals surface area contributed by atoms with Crippen molar-refractivity contribution in [3.05, 3.63) is 68.9 Å². The minimum atomic E-state index is -0.905. The van der Waals surface area contributed by atoms with E-state index in [9.17, 15) is 9.50 Å². The summed E-state index contributed by atoms with van der Waals surface area (Å²) in [6.45, 7) is 0. The quantitative estimate of drug-likeness (QED) is 0.878. The molecule has 0 radical (unpaired) electrons. The van der Waals surface area contributed by atoms with Crippen LogP contribution in [0.5, 0.6) is 0 Å². The minimum Gasteiger partial charge on any atom is -0.388 e. The van der Waals surface area contributed by atoms with Crippen molar-refractivity contribution in [1.82, 2.24) is 0 Å². The first-order valence-corrected chi connectivity index (χ1v) is 6.61. The largest absolute Gasteiger partial charge is 0.388 e. The van der Waals surface area contributed by atoms with Crippen molar-refractivity contribution in [2.75, 3.05) is 0 Å². The lowest BCUT2D eigenvalue weighted by Gasteiger charge is -2.13. The third-order valence-corrected chi connectivity index (χ3v) is 3.55. The second-order valence-electron chi connectivity index (χ2n) is 3.98. The highest BCUT2D eigenvalue weighted by molar-refractivity contribution is 9.10. The number of aliphatic hydroxyl groups excluding tert-OH is 1.